The molecule has 0 radical (unpaired) electrons. The maximum atomic E-state index is 13.3. The van der Waals surface area contributed by atoms with Gasteiger partial charge in [0.1, 0.15) is 0 Å². The van der Waals surface area contributed by atoms with Crippen LogP contribution in [0.5, 0.6) is 0 Å². The highest BCUT2D eigenvalue weighted by molar-refractivity contribution is 7.15. The number of piperazine rings is 1. The summed E-state index contributed by atoms with van der Waals surface area (Å²) in [7, 11) is 0. The molecule has 8 heteroatoms. The summed E-state index contributed by atoms with van der Waals surface area (Å²) >= 11 is 1.46. The number of aromatic nitrogens is 3. The Labute approximate surface area is 183 Å². The third kappa shape index (κ3) is 3.84. The number of pyridine rings is 1. The Bertz CT molecular complexity index is 1350. The zero-order valence-electron chi connectivity index (χ0n) is 17.5. The number of hydrogen-bond acceptors (Lipinski definition) is 6. The Morgan fingerprint density at radius 1 is 1.06 bits per heavy atom. The third-order valence-electron chi connectivity index (χ3n) is 5.72. The van der Waals surface area contributed by atoms with Crippen molar-refractivity contribution in [1.82, 2.24) is 24.2 Å². The van der Waals surface area contributed by atoms with E-state index in [0.29, 0.717) is 24.6 Å². The van der Waals surface area contributed by atoms with Crippen molar-refractivity contribution in [3.63, 3.8) is 0 Å². The van der Waals surface area contributed by atoms with E-state index in [4.69, 9.17) is 0 Å². The number of fused-ring (bicyclic) bond motifs is 2. The van der Waals surface area contributed by atoms with Crippen molar-refractivity contribution in [2.24, 2.45) is 0 Å². The molecule has 0 unspecified atom stereocenters. The van der Waals surface area contributed by atoms with E-state index in [-0.39, 0.29) is 11.5 Å². The molecule has 0 N–H and O–H groups in total. The summed E-state index contributed by atoms with van der Waals surface area (Å²) in [5.74, 6) is 0.0529. The van der Waals surface area contributed by atoms with Gasteiger partial charge in [0.2, 0.25) is 0 Å². The first-order chi connectivity index (χ1) is 15.0. The number of benzene rings is 1. The first-order valence-electron chi connectivity index (χ1n) is 10.3. The fourth-order valence-corrected chi connectivity index (χ4v) is 4.86. The molecule has 0 bridgehead atoms. The van der Waals surface area contributed by atoms with Gasteiger partial charge in [0.15, 0.2) is 4.96 Å². The minimum Gasteiger partial charge on any atom is -0.336 e. The smallest absolute Gasteiger partial charge is 0.258 e. The summed E-state index contributed by atoms with van der Waals surface area (Å²) in [6.45, 7) is 7.36. The zero-order chi connectivity index (χ0) is 21.5. The van der Waals surface area contributed by atoms with Gasteiger partial charge < -0.3 is 4.90 Å². The fourth-order valence-electron chi connectivity index (χ4n) is 4.13. The van der Waals surface area contributed by atoms with Crippen LogP contribution in [0.15, 0.2) is 46.7 Å². The molecule has 3 aromatic heterocycles. The van der Waals surface area contributed by atoms with E-state index in [1.54, 1.807) is 16.7 Å². The van der Waals surface area contributed by atoms with Gasteiger partial charge in [-0.1, -0.05) is 11.6 Å². The monoisotopic (exact) mass is 433 g/mol. The van der Waals surface area contributed by atoms with Gasteiger partial charge in [0, 0.05) is 61.4 Å². The molecule has 0 atom stereocenters. The van der Waals surface area contributed by atoms with Crippen LogP contribution in [0.3, 0.4) is 0 Å². The molecule has 158 valence electrons. The summed E-state index contributed by atoms with van der Waals surface area (Å²) in [5, 5.41) is 2.77. The van der Waals surface area contributed by atoms with Crippen LogP contribution in [-0.2, 0) is 6.54 Å². The average molecular weight is 434 g/mol. The second kappa shape index (κ2) is 7.86. The fraction of sp³-hybridized carbons (Fsp3) is 0.304. The number of rotatable bonds is 3. The Balaban J connectivity index is 1.31. The van der Waals surface area contributed by atoms with E-state index in [9.17, 15) is 9.59 Å². The van der Waals surface area contributed by atoms with Crippen LogP contribution in [0.25, 0.3) is 15.9 Å². The molecule has 1 saturated heterocycles. The molecular weight excluding hydrogens is 410 g/mol. The predicted molar refractivity (Wildman–Crippen MR) is 122 cm³/mol. The van der Waals surface area contributed by atoms with Crippen LogP contribution < -0.4 is 5.56 Å². The van der Waals surface area contributed by atoms with Crippen molar-refractivity contribution in [2.45, 2.75) is 20.4 Å². The molecule has 1 aliphatic heterocycles. The molecule has 4 heterocycles. The van der Waals surface area contributed by atoms with Crippen molar-refractivity contribution in [1.29, 1.82) is 0 Å². The summed E-state index contributed by atoms with van der Waals surface area (Å²) < 4.78 is 1.56. The molecule has 4 aromatic rings. The first-order valence-corrected chi connectivity index (χ1v) is 11.2. The summed E-state index contributed by atoms with van der Waals surface area (Å²) in [5.41, 5.74) is 4.26. The van der Waals surface area contributed by atoms with E-state index in [1.165, 1.54) is 11.3 Å². The zero-order valence-corrected chi connectivity index (χ0v) is 18.4. The lowest BCUT2D eigenvalue weighted by Crippen LogP contribution is -2.48. The molecular formula is C23H23N5O2S. The molecule has 0 aliphatic carbocycles. The lowest BCUT2D eigenvalue weighted by molar-refractivity contribution is 0.0629. The molecule has 5 rings (SSSR count). The van der Waals surface area contributed by atoms with Gasteiger partial charge in [-0.25, -0.2) is 4.98 Å². The van der Waals surface area contributed by atoms with Crippen LogP contribution in [0.4, 0.5) is 0 Å². The molecule has 1 aromatic carbocycles. The molecule has 0 saturated carbocycles. The van der Waals surface area contributed by atoms with Gasteiger partial charge in [-0.15, -0.1) is 11.3 Å². The molecule has 7 nitrogen and oxygen atoms in total. The predicted octanol–water partition coefficient (Wildman–Crippen LogP) is 2.88. The van der Waals surface area contributed by atoms with Gasteiger partial charge in [0.25, 0.3) is 11.5 Å². The van der Waals surface area contributed by atoms with Crippen molar-refractivity contribution >= 4 is 33.1 Å². The van der Waals surface area contributed by atoms with Crippen LogP contribution in [0.2, 0.25) is 0 Å². The highest BCUT2D eigenvalue weighted by Gasteiger charge is 2.24. The number of thiazole rings is 1. The number of hydrogen-bond donors (Lipinski definition) is 0. The van der Waals surface area contributed by atoms with Crippen molar-refractivity contribution < 1.29 is 4.79 Å². The van der Waals surface area contributed by atoms with Crippen LogP contribution >= 0.6 is 11.3 Å². The average Bonchev–Trinajstić information content (AvgIpc) is 3.23. The SMILES string of the molecule is Cc1ccc2nc(C)cc(C(=O)N3CCN(Cc4cc(=O)n5ccsc5n4)CC3)c2c1. The van der Waals surface area contributed by atoms with Crippen LogP contribution in [-0.4, -0.2) is 56.3 Å². The first kappa shape index (κ1) is 19.8. The molecule has 1 aliphatic rings. The van der Waals surface area contributed by atoms with E-state index < -0.39 is 0 Å². The number of carbonyl (C=O) groups is 1. The van der Waals surface area contributed by atoms with E-state index in [0.717, 1.165) is 46.5 Å². The standard InChI is InChI=1S/C23H23N5O2S/c1-15-3-4-20-18(11-15)19(12-16(2)24-20)22(30)27-7-5-26(6-8-27)14-17-13-21(29)28-9-10-31-23(28)25-17/h3-4,9-13H,5-8,14H2,1-2H3. The summed E-state index contributed by atoms with van der Waals surface area (Å²) in [6, 6.07) is 9.53. The van der Waals surface area contributed by atoms with Gasteiger partial charge >= 0.3 is 0 Å². The number of aryl methyl sites for hydroxylation is 2. The highest BCUT2D eigenvalue weighted by Crippen LogP contribution is 2.22. The van der Waals surface area contributed by atoms with Crippen LogP contribution in [0, 0.1) is 13.8 Å². The van der Waals surface area contributed by atoms with E-state index in [1.807, 2.05) is 48.4 Å². The lowest BCUT2D eigenvalue weighted by atomic mass is 10.0. The van der Waals surface area contributed by atoms with Gasteiger partial charge in [-0.2, -0.15) is 0 Å². The second-order valence-corrected chi connectivity index (χ2v) is 8.91. The minimum atomic E-state index is -0.0507. The Hall–Kier alpha value is -3.10. The van der Waals surface area contributed by atoms with Crippen molar-refractivity contribution in [2.75, 3.05) is 26.2 Å². The quantitative estimate of drug-likeness (QED) is 0.497. The highest BCUT2D eigenvalue weighted by atomic mass is 32.1. The van der Waals surface area contributed by atoms with Gasteiger partial charge in [0.05, 0.1) is 16.8 Å². The van der Waals surface area contributed by atoms with Crippen molar-refractivity contribution in [3.8, 4) is 0 Å². The Kier molecular flexibility index (Phi) is 5.03. The maximum absolute atomic E-state index is 13.3. The largest absolute Gasteiger partial charge is 0.336 e. The minimum absolute atomic E-state index is 0.0507. The molecule has 1 fully saturated rings. The summed E-state index contributed by atoms with van der Waals surface area (Å²) in [4.78, 5) is 39.6. The Morgan fingerprint density at radius 2 is 1.87 bits per heavy atom. The summed E-state index contributed by atoms with van der Waals surface area (Å²) in [6.07, 6.45) is 1.75. The third-order valence-corrected chi connectivity index (χ3v) is 6.48. The second-order valence-electron chi connectivity index (χ2n) is 8.04. The topological polar surface area (TPSA) is 70.8 Å². The number of nitrogens with zero attached hydrogens (tertiary/aromatic N) is 5. The maximum Gasteiger partial charge on any atom is 0.258 e. The van der Waals surface area contributed by atoms with Crippen molar-refractivity contribution in [3.05, 3.63) is 74.8 Å². The van der Waals surface area contributed by atoms with Gasteiger partial charge in [-0.3, -0.25) is 23.9 Å². The normalized spacial score (nSPS) is 15.1. The molecule has 0 spiro atoms. The van der Waals surface area contributed by atoms with E-state index >= 15 is 0 Å². The van der Waals surface area contributed by atoms with E-state index in [2.05, 4.69) is 14.9 Å². The Morgan fingerprint density at radius 3 is 2.68 bits per heavy atom. The van der Waals surface area contributed by atoms with Gasteiger partial charge in [-0.05, 0) is 32.0 Å². The molecule has 1 amide bonds. The molecule has 31 heavy (non-hydrogen) atoms. The number of carbonyl (C=O) groups excluding carboxylic acids is 1. The lowest BCUT2D eigenvalue weighted by Gasteiger charge is -2.34. The number of amides is 1. The van der Waals surface area contributed by atoms with Crippen LogP contribution in [0.1, 0.15) is 27.3 Å².